The number of esters is 5. The van der Waals surface area contributed by atoms with Gasteiger partial charge in [0.1, 0.15) is 22.8 Å². The smallest absolute Gasteiger partial charge is 0.348 e. The van der Waals surface area contributed by atoms with E-state index < -0.39 is 59.1 Å². The van der Waals surface area contributed by atoms with Gasteiger partial charge in [-0.2, -0.15) is 0 Å². The van der Waals surface area contributed by atoms with Gasteiger partial charge in [0.15, 0.2) is 0 Å². The fraction of sp³-hybridized carbons (Fsp3) is 0.433. The van der Waals surface area contributed by atoms with Crippen LogP contribution >= 0.6 is 0 Å². The maximum Gasteiger partial charge on any atom is 0.348 e. The van der Waals surface area contributed by atoms with Crippen LogP contribution < -0.4 is 0 Å². The number of cyclic esters (lactones) is 1. The van der Waals surface area contributed by atoms with E-state index >= 15 is 0 Å². The molecule has 0 bridgehead atoms. The molecule has 1 aliphatic carbocycles. The van der Waals surface area contributed by atoms with E-state index in [-0.39, 0.29) is 55.2 Å². The van der Waals surface area contributed by atoms with E-state index in [0.717, 1.165) is 0 Å². The van der Waals surface area contributed by atoms with Gasteiger partial charge >= 0.3 is 29.8 Å². The molecular formula is C30H30O14. The Bertz CT molecular complexity index is 1480. The Kier molecular flexibility index (Phi) is 8.80. The Morgan fingerprint density at radius 3 is 2.05 bits per heavy atom. The molecule has 2 fully saturated rings. The molecule has 1 atom stereocenters. The molecule has 0 aromatic carbocycles. The van der Waals surface area contributed by atoms with Crippen molar-refractivity contribution in [1.82, 2.24) is 0 Å². The number of ether oxygens (including phenoxy) is 7. The summed E-state index contributed by atoms with van der Waals surface area (Å²) in [5.74, 6) is -7.69. The number of hydrogen-bond acceptors (Lipinski definition) is 14. The Morgan fingerprint density at radius 1 is 0.886 bits per heavy atom. The molecule has 2 spiro atoms. The van der Waals surface area contributed by atoms with E-state index in [0.29, 0.717) is 5.57 Å². The van der Waals surface area contributed by atoms with Crippen LogP contribution in [0.25, 0.3) is 0 Å². The van der Waals surface area contributed by atoms with E-state index in [2.05, 4.69) is 16.8 Å². The topological polar surface area (TPSA) is 190 Å². The summed E-state index contributed by atoms with van der Waals surface area (Å²) in [6.07, 6.45) is 6.96. The molecule has 2 N–H and O–H groups in total. The van der Waals surface area contributed by atoms with Crippen LogP contribution in [0.4, 0.5) is 0 Å². The number of hydrogen-bond donors (Lipinski definition) is 2. The molecule has 3 heterocycles. The first-order valence-corrected chi connectivity index (χ1v) is 13.5. The van der Waals surface area contributed by atoms with Crippen molar-refractivity contribution in [2.45, 2.75) is 83.6 Å². The molecule has 1 unspecified atom stereocenters. The average Bonchev–Trinajstić information content (AvgIpc) is 2.94. The van der Waals surface area contributed by atoms with Gasteiger partial charge in [-0.25, -0.2) is 19.2 Å². The van der Waals surface area contributed by atoms with Gasteiger partial charge in [-0.1, -0.05) is 23.6 Å². The van der Waals surface area contributed by atoms with Crippen molar-refractivity contribution in [3.63, 3.8) is 0 Å². The third-order valence-electron chi connectivity index (χ3n) is 7.11. The number of aliphatic hydroxyl groups is 2. The van der Waals surface area contributed by atoms with Crippen LogP contribution in [-0.4, -0.2) is 57.4 Å². The first-order valence-electron chi connectivity index (χ1n) is 13.5. The Hall–Kier alpha value is -5.19. The molecular weight excluding hydrogens is 584 g/mol. The lowest BCUT2D eigenvalue weighted by atomic mass is 9.87. The molecule has 3 aliphatic heterocycles. The Morgan fingerprint density at radius 2 is 1.48 bits per heavy atom. The lowest BCUT2D eigenvalue weighted by Crippen LogP contribution is -2.54. The zero-order valence-corrected chi connectivity index (χ0v) is 24.3. The highest BCUT2D eigenvalue weighted by molar-refractivity contribution is 6.15. The summed E-state index contributed by atoms with van der Waals surface area (Å²) < 4.78 is 36.9. The summed E-state index contributed by atoms with van der Waals surface area (Å²) in [6, 6.07) is 0. The molecule has 44 heavy (non-hydrogen) atoms. The van der Waals surface area contributed by atoms with Gasteiger partial charge < -0.3 is 43.4 Å². The molecule has 0 radical (unpaired) electrons. The third-order valence-corrected chi connectivity index (χ3v) is 7.11. The second kappa shape index (κ2) is 12.2. The molecule has 14 heteroatoms. The first kappa shape index (κ1) is 31.7. The van der Waals surface area contributed by atoms with Crippen LogP contribution in [0.2, 0.25) is 0 Å². The fourth-order valence-corrected chi connectivity index (χ4v) is 4.55. The van der Waals surface area contributed by atoms with Crippen molar-refractivity contribution < 1.29 is 67.3 Å². The van der Waals surface area contributed by atoms with Crippen LogP contribution in [-0.2, 0) is 57.1 Å². The van der Waals surface area contributed by atoms with Crippen LogP contribution in [0.3, 0.4) is 0 Å². The van der Waals surface area contributed by atoms with Crippen LogP contribution in [0.15, 0.2) is 58.5 Å². The number of carbonyl (C=O) groups excluding carboxylic acids is 5. The number of rotatable bonds is 6. The summed E-state index contributed by atoms with van der Waals surface area (Å²) in [4.78, 5) is 61.7. The summed E-state index contributed by atoms with van der Waals surface area (Å²) in [7, 11) is 0. The highest BCUT2D eigenvalue weighted by Gasteiger charge is 2.55. The Labute approximate surface area is 251 Å². The maximum absolute atomic E-state index is 12.7. The molecule has 4 aliphatic rings. The van der Waals surface area contributed by atoms with Gasteiger partial charge in [0.2, 0.25) is 0 Å². The Balaban J connectivity index is 1.36. The highest BCUT2D eigenvalue weighted by atomic mass is 16.8. The molecule has 4 rings (SSSR count). The summed E-state index contributed by atoms with van der Waals surface area (Å²) in [5.41, 5.74) is -0.319. The van der Waals surface area contributed by atoms with Crippen molar-refractivity contribution in [1.29, 1.82) is 0 Å². The fourth-order valence-electron chi connectivity index (χ4n) is 4.55. The minimum absolute atomic E-state index is 0.00577. The standard InChI is InChI=1S/C30H30O14/c1-5-16-38-21(31)10-11-28(4)39-24(34)19(25(35)40-28)8-6-17(2)7-9-20-26(36)43-30(44-27(20)37)14-12-29(13-15-30)41-22(32)18(3)23(33)42-29/h6-9,32,34H,10-15H2,1-4H3. The molecule has 1 saturated heterocycles. The molecule has 0 amide bonds. The van der Waals surface area contributed by atoms with Gasteiger partial charge in [-0.3, -0.25) is 4.79 Å². The quantitative estimate of drug-likeness (QED) is 0.111. The SMILES string of the molecule is CC#COC(=O)CCC1(C)OC(=O)C(C=CC(C)=CC=C2C(=O)OC3(CCC4(CC3)OC(=O)C(C)=C(O)O4)OC2=O)=C(O)O1. The molecule has 1 saturated carbocycles. The predicted molar refractivity (Wildman–Crippen MR) is 144 cm³/mol. The molecule has 0 aromatic heterocycles. The lowest BCUT2D eigenvalue weighted by Gasteiger charge is -2.46. The average molecular weight is 615 g/mol. The van der Waals surface area contributed by atoms with E-state index in [1.165, 1.54) is 45.1 Å². The van der Waals surface area contributed by atoms with E-state index in [9.17, 15) is 34.2 Å². The van der Waals surface area contributed by atoms with E-state index in [1.54, 1.807) is 6.92 Å². The third kappa shape index (κ3) is 6.88. The zero-order chi connectivity index (χ0) is 32.3. The van der Waals surface area contributed by atoms with Crippen LogP contribution in [0.5, 0.6) is 0 Å². The zero-order valence-electron chi connectivity index (χ0n) is 24.3. The first-order chi connectivity index (χ1) is 20.7. The van der Waals surface area contributed by atoms with Gasteiger partial charge in [-0.15, -0.1) is 0 Å². The van der Waals surface area contributed by atoms with Crippen molar-refractivity contribution in [2.75, 3.05) is 0 Å². The van der Waals surface area contributed by atoms with Gasteiger partial charge in [0.25, 0.3) is 29.3 Å². The second-order valence-electron chi connectivity index (χ2n) is 10.5. The van der Waals surface area contributed by atoms with Crippen molar-refractivity contribution in [3.05, 3.63) is 58.5 Å². The van der Waals surface area contributed by atoms with Crippen molar-refractivity contribution in [2.24, 2.45) is 0 Å². The number of aliphatic hydroxyl groups excluding tert-OH is 2. The molecule has 14 nitrogen and oxygen atoms in total. The molecule has 0 aromatic rings. The van der Waals surface area contributed by atoms with Gasteiger partial charge in [-0.05, 0) is 26.0 Å². The second-order valence-corrected chi connectivity index (χ2v) is 10.5. The monoisotopic (exact) mass is 614 g/mol. The minimum atomic E-state index is -1.61. The summed E-state index contributed by atoms with van der Waals surface area (Å²) >= 11 is 0. The van der Waals surface area contributed by atoms with Gasteiger partial charge in [0.05, 0.1) is 6.42 Å². The summed E-state index contributed by atoms with van der Waals surface area (Å²) in [5, 5.41) is 20.2. The maximum atomic E-state index is 12.7. The summed E-state index contributed by atoms with van der Waals surface area (Å²) in [6.45, 7) is 5.81. The lowest BCUT2D eigenvalue weighted by molar-refractivity contribution is -0.297. The van der Waals surface area contributed by atoms with E-state index in [1.807, 2.05) is 0 Å². The number of carbonyl (C=O) groups is 5. The molecule has 234 valence electrons. The van der Waals surface area contributed by atoms with Crippen molar-refractivity contribution in [3.8, 4) is 12.0 Å². The van der Waals surface area contributed by atoms with Crippen molar-refractivity contribution >= 4 is 29.8 Å². The largest absolute Gasteiger partial charge is 0.481 e. The predicted octanol–water partition coefficient (Wildman–Crippen LogP) is 3.21. The number of allylic oxidation sites excluding steroid dienone is 4. The normalized spacial score (nSPS) is 28.8. The minimum Gasteiger partial charge on any atom is -0.481 e. The van der Waals surface area contributed by atoms with Crippen LogP contribution in [0, 0.1) is 12.0 Å². The van der Waals surface area contributed by atoms with Gasteiger partial charge in [0, 0.05) is 46.0 Å². The van der Waals surface area contributed by atoms with Crippen LogP contribution in [0.1, 0.15) is 66.2 Å². The highest BCUT2D eigenvalue weighted by Crippen LogP contribution is 2.45. The van der Waals surface area contributed by atoms with E-state index in [4.69, 9.17) is 28.4 Å².